The van der Waals surface area contributed by atoms with Gasteiger partial charge in [0.25, 0.3) is 0 Å². The van der Waals surface area contributed by atoms with Gasteiger partial charge in [-0.25, -0.2) is 4.99 Å². The van der Waals surface area contributed by atoms with E-state index in [9.17, 15) is 5.26 Å². The van der Waals surface area contributed by atoms with Crippen LogP contribution < -0.4 is 5.73 Å². The first-order chi connectivity index (χ1) is 33.6. The second-order valence-electron chi connectivity index (χ2n) is 17.0. The molecule has 0 saturated carbocycles. The Labute approximate surface area is 396 Å². The number of hydrogen-bond donors (Lipinski definition) is 1. The van der Waals surface area contributed by atoms with Gasteiger partial charge in [-0.05, 0) is 106 Å². The topological polar surface area (TPSA) is 74.5 Å². The molecule has 0 heterocycles. The van der Waals surface area contributed by atoms with Crippen LogP contribution in [-0.4, -0.2) is 11.7 Å². The van der Waals surface area contributed by atoms with E-state index in [-0.39, 0.29) is 0 Å². The maximum absolute atomic E-state index is 10.4. The van der Waals surface area contributed by atoms with E-state index in [1.807, 2.05) is 66.7 Å². The van der Waals surface area contributed by atoms with Crippen molar-refractivity contribution in [3.63, 3.8) is 0 Å². The van der Waals surface area contributed by atoms with Crippen molar-refractivity contribution >= 4 is 44.0 Å². The predicted octanol–water partition coefficient (Wildman–Crippen LogP) is 15.7. The van der Waals surface area contributed by atoms with E-state index in [1.165, 1.54) is 43.4 Å². The lowest BCUT2D eigenvalue weighted by molar-refractivity contribution is 1.06. The van der Waals surface area contributed by atoms with Crippen LogP contribution in [0.25, 0.3) is 88.0 Å². The van der Waals surface area contributed by atoms with Gasteiger partial charge in [0.15, 0.2) is 5.84 Å². The zero-order valence-electron chi connectivity index (χ0n) is 37.2. The molecule has 0 unspecified atom stereocenters. The first kappa shape index (κ1) is 41.5. The minimum Gasteiger partial charge on any atom is -0.383 e. The summed E-state index contributed by atoms with van der Waals surface area (Å²) in [5.41, 5.74) is 20.9. The summed E-state index contributed by atoms with van der Waals surface area (Å²) in [4.78, 5) is 10.1. The van der Waals surface area contributed by atoms with Crippen molar-refractivity contribution in [2.24, 2.45) is 15.7 Å². The average molecular weight is 869 g/mol. The Balaban J connectivity index is 0.914. The SMILES string of the molecule is N#Cc1ccc(-c2ccccc2CN=C(N=C(N)c2cccc(-c3cccc4ccccc34)c2)c2ccccc2)cc1-c1ccc(-c2ccccc2-c2cccc3ccc4ccccc4c23)cc1. The van der Waals surface area contributed by atoms with Crippen LogP contribution >= 0.6 is 0 Å². The Morgan fingerprint density at radius 2 is 0.941 bits per heavy atom. The van der Waals surface area contributed by atoms with Crippen molar-refractivity contribution in [3.05, 3.63) is 265 Å². The minimum absolute atomic E-state index is 0.364. The number of nitriles is 1. The van der Waals surface area contributed by atoms with E-state index in [1.54, 1.807) is 0 Å². The lowest BCUT2D eigenvalue weighted by Gasteiger charge is -2.15. The molecule has 0 aliphatic rings. The van der Waals surface area contributed by atoms with Gasteiger partial charge < -0.3 is 5.73 Å². The summed E-state index contributed by atoms with van der Waals surface area (Å²) in [7, 11) is 0. The van der Waals surface area contributed by atoms with Gasteiger partial charge in [0.2, 0.25) is 0 Å². The van der Waals surface area contributed by atoms with Crippen LogP contribution in [0.1, 0.15) is 22.3 Å². The Bertz CT molecular complexity index is 3780. The predicted molar refractivity (Wildman–Crippen MR) is 285 cm³/mol. The third-order valence-corrected chi connectivity index (χ3v) is 12.9. The van der Waals surface area contributed by atoms with Gasteiger partial charge in [-0.3, -0.25) is 4.99 Å². The van der Waals surface area contributed by atoms with Crippen molar-refractivity contribution in [3.8, 4) is 61.7 Å². The van der Waals surface area contributed by atoms with E-state index in [2.05, 4.69) is 182 Å². The minimum atomic E-state index is 0.364. The zero-order valence-corrected chi connectivity index (χ0v) is 37.2. The smallest absolute Gasteiger partial charge is 0.157 e. The van der Waals surface area contributed by atoms with Crippen LogP contribution in [0.4, 0.5) is 0 Å². The number of aliphatic imine (C=N–C) groups is 2. The molecular formula is C64H44N4. The molecule has 0 saturated heterocycles. The van der Waals surface area contributed by atoms with Crippen molar-refractivity contribution in [2.75, 3.05) is 0 Å². The molecule has 0 fully saturated rings. The first-order valence-corrected chi connectivity index (χ1v) is 22.9. The summed E-state index contributed by atoms with van der Waals surface area (Å²) in [5, 5.41) is 17.7. The first-order valence-electron chi connectivity index (χ1n) is 22.9. The molecule has 0 radical (unpaired) electrons. The van der Waals surface area contributed by atoms with Crippen molar-refractivity contribution in [2.45, 2.75) is 6.54 Å². The normalized spacial score (nSPS) is 11.8. The van der Waals surface area contributed by atoms with Gasteiger partial charge >= 0.3 is 0 Å². The van der Waals surface area contributed by atoms with Gasteiger partial charge in [-0.2, -0.15) is 5.26 Å². The van der Waals surface area contributed by atoms with Crippen LogP contribution in [0.3, 0.4) is 0 Å². The molecule has 0 aliphatic carbocycles. The molecule has 0 amide bonds. The number of hydrogen-bond acceptors (Lipinski definition) is 2. The molecule has 320 valence electrons. The van der Waals surface area contributed by atoms with E-state index < -0.39 is 0 Å². The second-order valence-corrected chi connectivity index (χ2v) is 17.0. The fourth-order valence-electron chi connectivity index (χ4n) is 9.51. The zero-order chi connectivity index (χ0) is 45.8. The van der Waals surface area contributed by atoms with Crippen LogP contribution in [0.5, 0.6) is 0 Å². The third kappa shape index (κ3) is 8.11. The van der Waals surface area contributed by atoms with Crippen LogP contribution in [-0.2, 0) is 6.54 Å². The third-order valence-electron chi connectivity index (χ3n) is 12.9. The molecule has 0 aliphatic heterocycles. The number of nitrogens with zero attached hydrogens (tertiary/aromatic N) is 3. The molecule has 0 bridgehead atoms. The number of benzene rings is 11. The van der Waals surface area contributed by atoms with Crippen molar-refractivity contribution < 1.29 is 0 Å². The number of amidine groups is 2. The lowest BCUT2D eigenvalue weighted by atomic mass is 9.88. The quantitative estimate of drug-likeness (QED) is 0.0891. The highest BCUT2D eigenvalue weighted by Crippen LogP contribution is 2.40. The molecule has 0 atom stereocenters. The Kier molecular flexibility index (Phi) is 11.2. The Morgan fingerprint density at radius 3 is 1.74 bits per heavy atom. The number of rotatable bonds is 9. The second kappa shape index (κ2) is 18.4. The highest BCUT2D eigenvalue weighted by Gasteiger charge is 2.16. The lowest BCUT2D eigenvalue weighted by Crippen LogP contribution is -2.16. The summed E-state index contributed by atoms with van der Waals surface area (Å²) >= 11 is 0. The summed E-state index contributed by atoms with van der Waals surface area (Å²) < 4.78 is 0. The number of nitrogens with two attached hydrogens (primary N) is 1. The highest BCUT2D eigenvalue weighted by atomic mass is 15.0. The average Bonchev–Trinajstić information content (AvgIpc) is 3.41. The van der Waals surface area contributed by atoms with Crippen LogP contribution in [0.15, 0.2) is 253 Å². The molecule has 11 aromatic rings. The van der Waals surface area contributed by atoms with Crippen LogP contribution in [0.2, 0.25) is 0 Å². The maximum Gasteiger partial charge on any atom is 0.157 e. The number of fused-ring (bicyclic) bond motifs is 4. The molecule has 4 heteroatoms. The fraction of sp³-hybridized carbons (Fsp3) is 0.0156. The van der Waals surface area contributed by atoms with E-state index in [0.29, 0.717) is 23.8 Å². The van der Waals surface area contributed by atoms with E-state index in [4.69, 9.17) is 15.7 Å². The summed E-state index contributed by atoms with van der Waals surface area (Å²) in [6.07, 6.45) is 0. The molecule has 11 aromatic carbocycles. The monoisotopic (exact) mass is 868 g/mol. The molecule has 68 heavy (non-hydrogen) atoms. The van der Waals surface area contributed by atoms with Gasteiger partial charge in [0, 0.05) is 16.7 Å². The molecular weight excluding hydrogens is 825 g/mol. The summed E-state index contributed by atoms with van der Waals surface area (Å²) in [6.45, 7) is 0.364. The maximum atomic E-state index is 10.4. The molecule has 0 spiro atoms. The van der Waals surface area contributed by atoms with Crippen LogP contribution in [0, 0.1) is 11.3 Å². The van der Waals surface area contributed by atoms with Gasteiger partial charge in [-0.15, -0.1) is 0 Å². The van der Waals surface area contributed by atoms with Gasteiger partial charge in [0.1, 0.15) is 5.84 Å². The highest BCUT2D eigenvalue weighted by molar-refractivity contribution is 6.15. The van der Waals surface area contributed by atoms with E-state index in [0.717, 1.165) is 61.2 Å². The van der Waals surface area contributed by atoms with Gasteiger partial charge in [0.05, 0.1) is 18.2 Å². The van der Waals surface area contributed by atoms with Crippen molar-refractivity contribution in [1.82, 2.24) is 0 Å². The summed E-state index contributed by atoms with van der Waals surface area (Å²) in [6, 6.07) is 86.7. The Hall–Kier alpha value is -9.17. The molecule has 0 aromatic heterocycles. The van der Waals surface area contributed by atoms with E-state index >= 15 is 0 Å². The Morgan fingerprint density at radius 1 is 0.397 bits per heavy atom. The largest absolute Gasteiger partial charge is 0.383 e. The standard InChI is InChI=1S/C64H44N4/c65-41-52-38-37-50(40-61(52)46-33-31-45(32-34-46)56-26-10-11-28-59(56)60-30-14-21-47-36-35-44-16-5-9-27-58(44)62(47)60)54-24-7-6-19-53(54)42-67-64(48-17-2-1-3-18-48)68-63(66)51-23-12-22-49(39-51)57-29-13-20-43-15-4-8-25-55(43)57/h1-40H,42H2,(H2,66,67,68). The molecule has 11 rings (SSSR count). The fourth-order valence-corrected chi connectivity index (χ4v) is 9.51. The van der Waals surface area contributed by atoms with Gasteiger partial charge in [-0.1, -0.05) is 224 Å². The van der Waals surface area contributed by atoms with Crippen molar-refractivity contribution in [1.29, 1.82) is 5.26 Å². The molecule has 4 nitrogen and oxygen atoms in total. The summed E-state index contributed by atoms with van der Waals surface area (Å²) in [5.74, 6) is 0.931. The molecule has 2 N–H and O–H groups in total.